The molecule has 0 fully saturated rings. The highest BCUT2D eigenvalue weighted by molar-refractivity contribution is 6.31. The predicted molar refractivity (Wildman–Crippen MR) is 90.0 cm³/mol. The number of hydrogen-bond acceptors (Lipinski definition) is 2. The van der Waals surface area contributed by atoms with Crippen LogP contribution in [0.25, 0.3) is 0 Å². The molecule has 21 heavy (non-hydrogen) atoms. The van der Waals surface area contributed by atoms with Gasteiger partial charge in [0.2, 0.25) is 0 Å². The van der Waals surface area contributed by atoms with E-state index in [0.717, 1.165) is 30.1 Å². The number of para-hydroxylation sites is 1. The Labute approximate surface area is 131 Å². The molecule has 0 aliphatic carbocycles. The maximum absolute atomic E-state index is 6.32. The van der Waals surface area contributed by atoms with Crippen LogP contribution in [0.5, 0.6) is 0 Å². The molecule has 1 aliphatic heterocycles. The topological polar surface area (TPSA) is 29.3 Å². The van der Waals surface area contributed by atoms with Gasteiger partial charge in [-0.2, -0.15) is 0 Å². The second kappa shape index (κ2) is 6.50. The van der Waals surface area contributed by atoms with E-state index in [9.17, 15) is 0 Å². The molecule has 1 unspecified atom stereocenters. The first-order valence-electron chi connectivity index (χ1n) is 7.58. The number of nitrogens with zero attached hydrogens (tertiary/aromatic N) is 1. The number of anilines is 1. The zero-order valence-electron chi connectivity index (χ0n) is 12.1. The first-order chi connectivity index (χ1) is 10.3. The number of rotatable bonds is 4. The highest BCUT2D eigenvalue weighted by Crippen LogP contribution is 2.28. The van der Waals surface area contributed by atoms with Gasteiger partial charge < -0.3 is 10.6 Å². The van der Waals surface area contributed by atoms with Crippen molar-refractivity contribution in [3.05, 3.63) is 64.7 Å². The maximum atomic E-state index is 6.32. The molecule has 1 heterocycles. The SMILES string of the molecule is NC(CCN1CCCc2ccccc21)c1ccccc1Cl. The quantitative estimate of drug-likeness (QED) is 0.917. The molecule has 0 bridgehead atoms. The largest absolute Gasteiger partial charge is 0.371 e. The van der Waals surface area contributed by atoms with Gasteiger partial charge in [0.15, 0.2) is 0 Å². The third-order valence-corrected chi connectivity index (χ3v) is 4.57. The Kier molecular flexibility index (Phi) is 4.47. The molecule has 0 spiro atoms. The van der Waals surface area contributed by atoms with Crippen molar-refractivity contribution in [3.63, 3.8) is 0 Å². The maximum Gasteiger partial charge on any atom is 0.0453 e. The monoisotopic (exact) mass is 300 g/mol. The lowest BCUT2D eigenvalue weighted by molar-refractivity contribution is 0.603. The predicted octanol–water partition coefficient (Wildman–Crippen LogP) is 4.18. The van der Waals surface area contributed by atoms with E-state index >= 15 is 0 Å². The Balaban J connectivity index is 1.67. The van der Waals surface area contributed by atoms with E-state index in [1.54, 1.807) is 0 Å². The summed E-state index contributed by atoms with van der Waals surface area (Å²) in [6, 6.07) is 16.6. The van der Waals surface area contributed by atoms with Crippen molar-refractivity contribution in [2.75, 3.05) is 18.0 Å². The van der Waals surface area contributed by atoms with Crippen molar-refractivity contribution in [2.24, 2.45) is 5.73 Å². The van der Waals surface area contributed by atoms with Crippen molar-refractivity contribution in [1.29, 1.82) is 0 Å². The average Bonchev–Trinajstić information content (AvgIpc) is 2.53. The Morgan fingerprint density at radius 3 is 2.71 bits per heavy atom. The van der Waals surface area contributed by atoms with E-state index in [-0.39, 0.29) is 6.04 Å². The summed E-state index contributed by atoms with van der Waals surface area (Å²) in [6.07, 6.45) is 3.32. The van der Waals surface area contributed by atoms with Crippen molar-refractivity contribution < 1.29 is 0 Å². The number of hydrogen-bond donors (Lipinski definition) is 1. The van der Waals surface area contributed by atoms with Crippen LogP contribution in [0.1, 0.15) is 30.0 Å². The van der Waals surface area contributed by atoms with Gasteiger partial charge in [-0.05, 0) is 42.5 Å². The molecule has 0 amide bonds. The van der Waals surface area contributed by atoms with Crippen LogP contribution in [0.4, 0.5) is 5.69 Å². The van der Waals surface area contributed by atoms with Crippen LogP contribution in [0.15, 0.2) is 48.5 Å². The molecule has 2 aromatic rings. The molecule has 0 saturated carbocycles. The van der Waals surface area contributed by atoms with Crippen molar-refractivity contribution in [1.82, 2.24) is 0 Å². The minimum atomic E-state index is -0.00668. The van der Waals surface area contributed by atoms with Gasteiger partial charge in [-0.15, -0.1) is 0 Å². The van der Waals surface area contributed by atoms with E-state index in [1.807, 2.05) is 24.3 Å². The van der Waals surface area contributed by atoms with E-state index in [1.165, 1.54) is 24.1 Å². The summed E-state index contributed by atoms with van der Waals surface area (Å²) in [5.41, 5.74) is 10.2. The summed E-state index contributed by atoms with van der Waals surface area (Å²) in [4.78, 5) is 2.45. The molecule has 2 N–H and O–H groups in total. The lowest BCUT2D eigenvalue weighted by Gasteiger charge is -2.32. The number of nitrogens with two attached hydrogens (primary N) is 1. The molecule has 0 radical (unpaired) electrons. The van der Waals surface area contributed by atoms with E-state index in [2.05, 4.69) is 29.2 Å². The molecule has 2 aromatic carbocycles. The lowest BCUT2D eigenvalue weighted by atomic mass is 10.00. The zero-order chi connectivity index (χ0) is 14.7. The van der Waals surface area contributed by atoms with Crippen LogP contribution < -0.4 is 10.6 Å². The van der Waals surface area contributed by atoms with Crippen LogP contribution in [0.3, 0.4) is 0 Å². The van der Waals surface area contributed by atoms with Gasteiger partial charge in [0.25, 0.3) is 0 Å². The Hall–Kier alpha value is -1.51. The molecular formula is C18H21ClN2. The van der Waals surface area contributed by atoms with Gasteiger partial charge in [0.1, 0.15) is 0 Å². The van der Waals surface area contributed by atoms with E-state index in [0.29, 0.717) is 0 Å². The van der Waals surface area contributed by atoms with Crippen LogP contribution in [-0.2, 0) is 6.42 Å². The molecular weight excluding hydrogens is 280 g/mol. The highest BCUT2D eigenvalue weighted by atomic mass is 35.5. The third-order valence-electron chi connectivity index (χ3n) is 4.22. The Morgan fingerprint density at radius 2 is 1.86 bits per heavy atom. The fraction of sp³-hybridized carbons (Fsp3) is 0.333. The molecule has 2 nitrogen and oxygen atoms in total. The van der Waals surface area contributed by atoms with Gasteiger partial charge >= 0.3 is 0 Å². The molecule has 3 rings (SSSR count). The number of fused-ring (bicyclic) bond motifs is 1. The van der Waals surface area contributed by atoms with Crippen LogP contribution >= 0.6 is 11.6 Å². The molecule has 110 valence electrons. The summed E-state index contributed by atoms with van der Waals surface area (Å²) in [6.45, 7) is 2.09. The minimum Gasteiger partial charge on any atom is -0.371 e. The van der Waals surface area contributed by atoms with Crippen LogP contribution in [0, 0.1) is 0 Å². The average molecular weight is 301 g/mol. The second-order valence-corrected chi connectivity index (χ2v) is 6.04. The first-order valence-corrected chi connectivity index (χ1v) is 7.96. The van der Waals surface area contributed by atoms with Crippen molar-refractivity contribution in [3.8, 4) is 0 Å². The van der Waals surface area contributed by atoms with Crippen LogP contribution in [0.2, 0.25) is 5.02 Å². The summed E-state index contributed by atoms with van der Waals surface area (Å²) in [7, 11) is 0. The highest BCUT2D eigenvalue weighted by Gasteiger charge is 2.17. The summed E-state index contributed by atoms with van der Waals surface area (Å²) >= 11 is 6.23. The molecule has 3 heteroatoms. The third kappa shape index (κ3) is 3.22. The fourth-order valence-electron chi connectivity index (χ4n) is 3.07. The lowest BCUT2D eigenvalue weighted by Crippen LogP contribution is -2.32. The normalized spacial score (nSPS) is 15.6. The molecule has 0 saturated heterocycles. The van der Waals surface area contributed by atoms with Crippen molar-refractivity contribution in [2.45, 2.75) is 25.3 Å². The Bertz CT molecular complexity index is 612. The molecule has 1 atom stereocenters. The Morgan fingerprint density at radius 1 is 1.10 bits per heavy atom. The molecule has 0 aromatic heterocycles. The van der Waals surface area contributed by atoms with Gasteiger partial charge in [0, 0.05) is 29.8 Å². The van der Waals surface area contributed by atoms with Gasteiger partial charge in [-0.25, -0.2) is 0 Å². The summed E-state index contributed by atoms with van der Waals surface area (Å²) in [5.74, 6) is 0. The van der Waals surface area contributed by atoms with Crippen LogP contribution in [-0.4, -0.2) is 13.1 Å². The van der Waals surface area contributed by atoms with E-state index in [4.69, 9.17) is 17.3 Å². The van der Waals surface area contributed by atoms with E-state index < -0.39 is 0 Å². The zero-order valence-corrected chi connectivity index (χ0v) is 12.9. The smallest absolute Gasteiger partial charge is 0.0453 e. The standard InChI is InChI=1S/C18H21ClN2/c19-16-9-3-2-8-15(16)17(20)11-13-21-12-5-7-14-6-1-4-10-18(14)21/h1-4,6,8-10,17H,5,7,11-13,20H2. The summed E-state index contributed by atoms with van der Waals surface area (Å²) < 4.78 is 0. The fourth-order valence-corrected chi connectivity index (χ4v) is 3.35. The second-order valence-electron chi connectivity index (χ2n) is 5.64. The van der Waals surface area contributed by atoms with Gasteiger partial charge in [0.05, 0.1) is 0 Å². The van der Waals surface area contributed by atoms with Gasteiger partial charge in [-0.3, -0.25) is 0 Å². The number of aryl methyl sites for hydroxylation is 1. The number of benzene rings is 2. The minimum absolute atomic E-state index is 0.00668. The first kappa shape index (κ1) is 14.4. The molecule has 1 aliphatic rings. The van der Waals surface area contributed by atoms with Gasteiger partial charge in [-0.1, -0.05) is 48.0 Å². The summed E-state index contributed by atoms with van der Waals surface area (Å²) in [5, 5.41) is 0.768. The number of halogens is 1. The van der Waals surface area contributed by atoms with Crippen molar-refractivity contribution >= 4 is 17.3 Å².